The van der Waals surface area contributed by atoms with Gasteiger partial charge in [0.15, 0.2) is 5.76 Å². The number of rotatable bonds is 8. The Morgan fingerprint density at radius 1 is 0.935 bits per heavy atom. The van der Waals surface area contributed by atoms with E-state index in [2.05, 4.69) is 10.3 Å². The summed E-state index contributed by atoms with van der Waals surface area (Å²) in [7, 11) is 0. The predicted molar refractivity (Wildman–Crippen MR) is 124 cm³/mol. The van der Waals surface area contributed by atoms with Crippen molar-refractivity contribution in [1.82, 2.24) is 4.98 Å². The van der Waals surface area contributed by atoms with Crippen molar-refractivity contribution in [2.45, 2.75) is 12.1 Å². The van der Waals surface area contributed by atoms with Crippen molar-refractivity contribution in [1.29, 1.82) is 0 Å². The number of hydrogen-bond donors (Lipinski definition) is 1. The number of carbonyl (C=O) groups is 1. The van der Waals surface area contributed by atoms with Gasteiger partial charge >= 0.3 is 0 Å². The van der Waals surface area contributed by atoms with Gasteiger partial charge in [-0.1, -0.05) is 84.6 Å². The summed E-state index contributed by atoms with van der Waals surface area (Å²) in [6, 6.07) is 27.1. The van der Waals surface area contributed by atoms with Crippen molar-refractivity contribution < 1.29 is 13.9 Å². The first kappa shape index (κ1) is 20.8. The number of thioether (sulfide) groups is 1. The Labute approximate surface area is 185 Å². The van der Waals surface area contributed by atoms with Gasteiger partial charge in [0.25, 0.3) is 5.22 Å². The van der Waals surface area contributed by atoms with Gasteiger partial charge in [-0.05, 0) is 19.1 Å². The maximum Gasteiger partial charge on any atom is 0.257 e. The summed E-state index contributed by atoms with van der Waals surface area (Å²) >= 11 is 1.26. The summed E-state index contributed by atoms with van der Waals surface area (Å²) in [6.07, 6.45) is 0. The fourth-order valence-corrected chi connectivity index (χ4v) is 3.73. The van der Waals surface area contributed by atoms with E-state index >= 15 is 0 Å². The van der Waals surface area contributed by atoms with Crippen LogP contribution in [0.3, 0.4) is 0 Å². The second-order valence-electron chi connectivity index (χ2n) is 6.66. The fraction of sp³-hybridized carbons (Fsp3) is 0.120. The molecule has 0 spiro atoms. The molecule has 1 aromatic heterocycles. The molecule has 1 heterocycles. The van der Waals surface area contributed by atoms with E-state index in [0.29, 0.717) is 29.0 Å². The van der Waals surface area contributed by atoms with Crippen LogP contribution in [0.15, 0.2) is 94.6 Å². The SMILES string of the molecule is CCOc1ccccc1NC(=O)CSc1nc(-c2ccccc2)c(-c2ccccc2)o1. The Hall–Kier alpha value is -3.51. The minimum atomic E-state index is -0.155. The molecule has 5 nitrogen and oxygen atoms in total. The van der Waals surface area contributed by atoms with Gasteiger partial charge < -0.3 is 14.5 Å². The molecule has 1 amide bonds. The van der Waals surface area contributed by atoms with Crippen molar-refractivity contribution >= 4 is 23.4 Å². The molecule has 6 heteroatoms. The van der Waals surface area contributed by atoms with E-state index in [1.54, 1.807) is 0 Å². The second kappa shape index (κ2) is 10.00. The molecule has 0 aliphatic carbocycles. The van der Waals surface area contributed by atoms with E-state index in [0.717, 1.165) is 16.8 Å². The van der Waals surface area contributed by atoms with Crippen LogP contribution in [0.1, 0.15) is 6.92 Å². The lowest BCUT2D eigenvalue weighted by atomic mass is 10.1. The van der Waals surface area contributed by atoms with Crippen molar-refractivity contribution in [3.05, 3.63) is 84.9 Å². The maximum atomic E-state index is 12.5. The molecule has 4 aromatic rings. The van der Waals surface area contributed by atoms with Gasteiger partial charge in [-0.2, -0.15) is 0 Å². The number of amides is 1. The van der Waals surface area contributed by atoms with Gasteiger partial charge in [0.2, 0.25) is 5.91 Å². The smallest absolute Gasteiger partial charge is 0.257 e. The number of oxazole rings is 1. The molecule has 31 heavy (non-hydrogen) atoms. The van der Waals surface area contributed by atoms with Gasteiger partial charge in [-0.3, -0.25) is 4.79 Å². The van der Waals surface area contributed by atoms with Crippen LogP contribution in [0.5, 0.6) is 5.75 Å². The number of para-hydroxylation sites is 2. The summed E-state index contributed by atoms with van der Waals surface area (Å²) in [5.74, 6) is 1.36. The third-order valence-corrected chi connectivity index (χ3v) is 5.31. The van der Waals surface area contributed by atoms with E-state index in [1.807, 2.05) is 91.9 Å². The lowest BCUT2D eigenvalue weighted by Gasteiger charge is -2.10. The number of benzene rings is 3. The van der Waals surface area contributed by atoms with Crippen LogP contribution < -0.4 is 10.1 Å². The van der Waals surface area contributed by atoms with Crippen LogP contribution in [0.2, 0.25) is 0 Å². The Morgan fingerprint density at radius 2 is 1.58 bits per heavy atom. The van der Waals surface area contributed by atoms with Gasteiger partial charge in [0, 0.05) is 11.1 Å². The Balaban J connectivity index is 1.52. The van der Waals surface area contributed by atoms with Gasteiger partial charge in [0.1, 0.15) is 11.4 Å². The van der Waals surface area contributed by atoms with Crippen LogP contribution in [0.25, 0.3) is 22.6 Å². The average molecular weight is 431 g/mol. The van der Waals surface area contributed by atoms with E-state index in [-0.39, 0.29) is 11.7 Å². The number of nitrogens with zero attached hydrogens (tertiary/aromatic N) is 1. The normalized spacial score (nSPS) is 10.6. The zero-order valence-electron chi connectivity index (χ0n) is 17.1. The second-order valence-corrected chi connectivity index (χ2v) is 7.58. The first-order chi connectivity index (χ1) is 15.2. The number of hydrogen-bond acceptors (Lipinski definition) is 5. The average Bonchev–Trinajstić information content (AvgIpc) is 3.25. The summed E-state index contributed by atoms with van der Waals surface area (Å²) < 4.78 is 11.6. The molecule has 0 aliphatic heterocycles. The van der Waals surface area contributed by atoms with Crippen LogP contribution in [-0.2, 0) is 4.79 Å². The lowest BCUT2D eigenvalue weighted by Crippen LogP contribution is -2.14. The molecule has 0 saturated carbocycles. The van der Waals surface area contributed by atoms with E-state index in [4.69, 9.17) is 9.15 Å². The molecule has 0 saturated heterocycles. The summed E-state index contributed by atoms with van der Waals surface area (Å²) in [5, 5.41) is 3.35. The van der Waals surface area contributed by atoms with Gasteiger partial charge in [-0.15, -0.1) is 0 Å². The van der Waals surface area contributed by atoms with Gasteiger partial charge in [-0.25, -0.2) is 4.98 Å². The number of anilines is 1. The maximum absolute atomic E-state index is 12.5. The van der Waals surface area contributed by atoms with E-state index in [9.17, 15) is 4.79 Å². The van der Waals surface area contributed by atoms with Crippen LogP contribution in [0, 0.1) is 0 Å². The molecular formula is C25H22N2O3S. The third-order valence-electron chi connectivity index (χ3n) is 4.48. The van der Waals surface area contributed by atoms with Crippen LogP contribution in [-0.4, -0.2) is 23.3 Å². The first-order valence-corrected chi connectivity index (χ1v) is 11.0. The fourth-order valence-electron chi connectivity index (χ4n) is 3.10. The summed E-state index contributed by atoms with van der Waals surface area (Å²) in [5.41, 5.74) is 3.32. The van der Waals surface area contributed by atoms with E-state index < -0.39 is 0 Å². The molecule has 3 aromatic carbocycles. The van der Waals surface area contributed by atoms with Crippen molar-refractivity contribution in [2.24, 2.45) is 0 Å². The monoisotopic (exact) mass is 430 g/mol. The highest BCUT2D eigenvalue weighted by Gasteiger charge is 2.18. The molecule has 0 atom stereocenters. The highest BCUT2D eigenvalue weighted by Crippen LogP contribution is 2.35. The summed E-state index contributed by atoms with van der Waals surface area (Å²) in [6.45, 7) is 2.44. The minimum Gasteiger partial charge on any atom is -0.492 e. The number of carbonyl (C=O) groups excluding carboxylic acids is 1. The predicted octanol–water partition coefficient (Wildman–Crippen LogP) is 6.14. The zero-order valence-corrected chi connectivity index (χ0v) is 17.9. The molecule has 0 fully saturated rings. The minimum absolute atomic E-state index is 0.155. The Bertz CT molecular complexity index is 1090. The Kier molecular flexibility index (Phi) is 6.69. The summed E-state index contributed by atoms with van der Waals surface area (Å²) in [4.78, 5) is 17.2. The zero-order chi connectivity index (χ0) is 21.5. The molecule has 156 valence electrons. The molecule has 4 rings (SSSR count). The largest absolute Gasteiger partial charge is 0.492 e. The number of ether oxygens (including phenoxy) is 1. The highest BCUT2D eigenvalue weighted by molar-refractivity contribution is 7.99. The van der Waals surface area contributed by atoms with Crippen molar-refractivity contribution in [3.8, 4) is 28.3 Å². The molecule has 0 unspecified atom stereocenters. The van der Waals surface area contributed by atoms with Crippen molar-refractivity contribution in [2.75, 3.05) is 17.7 Å². The number of aromatic nitrogens is 1. The Morgan fingerprint density at radius 3 is 2.29 bits per heavy atom. The number of nitrogens with one attached hydrogen (secondary N) is 1. The topological polar surface area (TPSA) is 64.4 Å². The third kappa shape index (κ3) is 5.16. The quantitative estimate of drug-likeness (QED) is 0.340. The molecule has 1 N–H and O–H groups in total. The molecule has 0 radical (unpaired) electrons. The molecular weight excluding hydrogens is 408 g/mol. The first-order valence-electron chi connectivity index (χ1n) is 10.0. The molecule has 0 bridgehead atoms. The molecule has 0 aliphatic rings. The van der Waals surface area contributed by atoms with Gasteiger partial charge in [0.05, 0.1) is 18.0 Å². The van der Waals surface area contributed by atoms with E-state index in [1.165, 1.54) is 11.8 Å². The lowest BCUT2D eigenvalue weighted by molar-refractivity contribution is -0.113. The van der Waals surface area contributed by atoms with Crippen LogP contribution in [0.4, 0.5) is 5.69 Å². The standard InChI is InChI=1S/C25H22N2O3S/c1-2-29-21-16-10-9-15-20(21)26-22(28)17-31-25-27-23(18-11-5-3-6-12-18)24(30-25)19-13-7-4-8-14-19/h3-16H,2,17H2,1H3,(H,26,28). The van der Waals surface area contributed by atoms with Crippen LogP contribution >= 0.6 is 11.8 Å². The van der Waals surface area contributed by atoms with Crippen molar-refractivity contribution in [3.63, 3.8) is 0 Å². The highest BCUT2D eigenvalue weighted by atomic mass is 32.2.